The minimum absolute atomic E-state index is 0.0711. The van der Waals surface area contributed by atoms with Crippen molar-refractivity contribution in [1.29, 1.82) is 0 Å². The fraction of sp³-hybridized carbons (Fsp3) is 0.500. The van der Waals surface area contributed by atoms with Crippen molar-refractivity contribution in [3.8, 4) is 0 Å². The Morgan fingerprint density at radius 2 is 1.86 bits per heavy atom. The van der Waals surface area contributed by atoms with Crippen LogP contribution in [0.15, 0.2) is 17.5 Å². The lowest BCUT2D eigenvalue weighted by molar-refractivity contribution is -0.144. The van der Waals surface area contributed by atoms with Gasteiger partial charge in [0.15, 0.2) is 0 Å². The summed E-state index contributed by atoms with van der Waals surface area (Å²) in [5.74, 6) is -0.675. The molecule has 0 saturated heterocycles. The van der Waals surface area contributed by atoms with Crippen LogP contribution in [0.2, 0.25) is 0 Å². The van der Waals surface area contributed by atoms with Crippen LogP contribution in [-0.4, -0.2) is 37.5 Å². The molecule has 1 heterocycles. The number of thiophene rings is 1. The van der Waals surface area contributed by atoms with Crippen LogP contribution in [0.1, 0.15) is 24.6 Å². The summed E-state index contributed by atoms with van der Waals surface area (Å²) >= 11 is 1.53. The number of nitrogens with one attached hydrogen (secondary N) is 2. The van der Waals surface area contributed by atoms with Gasteiger partial charge in [0.25, 0.3) is 0 Å². The quantitative estimate of drug-likeness (QED) is 0.523. The SMILES string of the molecule is CCOC(=O)CCC(=O)NCCNC(=O)Cc1cccs1. The molecule has 2 N–H and O–H groups in total. The van der Waals surface area contributed by atoms with Crippen LogP contribution in [0.25, 0.3) is 0 Å². The van der Waals surface area contributed by atoms with Gasteiger partial charge in [-0.15, -0.1) is 11.3 Å². The van der Waals surface area contributed by atoms with Crippen molar-refractivity contribution >= 4 is 29.1 Å². The molecule has 0 aliphatic carbocycles. The molecule has 0 aromatic carbocycles. The Bertz CT molecular complexity index is 460. The van der Waals surface area contributed by atoms with Crippen LogP contribution in [0.4, 0.5) is 0 Å². The molecule has 0 aliphatic rings. The Kier molecular flexibility index (Phi) is 8.11. The summed E-state index contributed by atoms with van der Waals surface area (Å²) in [4.78, 5) is 35.1. The molecule has 0 atom stereocenters. The van der Waals surface area contributed by atoms with E-state index < -0.39 is 0 Å². The smallest absolute Gasteiger partial charge is 0.306 e. The van der Waals surface area contributed by atoms with Crippen molar-refractivity contribution in [2.75, 3.05) is 19.7 Å². The molecule has 0 unspecified atom stereocenters. The maximum Gasteiger partial charge on any atom is 0.306 e. The standard InChI is InChI=1S/C14H20N2O4S/c1-2-20-14(19)6-5-12(17)15-7-8-16-13(18)10-11-4-3-9-21-11/h3-4,9H,2,5-8,10H2,1H3,(H,15,17)(H,16,18). The number of hydrogen-bond donors (Lipinski definition) is 2. The molecule has 0 bridgehead atoms. The minimum atomic E-state index is -0.378. The zero-order valence-electron chi connectivity index (χ0n) is 12.0. The molecule has 7 heteroatoms. The van der Waals surface area contributed by atoms with E-state index in [2.05, 4.69) is 10.6 Å². The molecule has 2 amide bonds. The third-order valence-corrected chi connectivity index (χ3v) is 3.42. The summed E-state index contributed by atoms with van der Waals surface area (Å²) in [5, 5.41) is 7.28. The number of ether oxygens (including phenoxy) is 1. The number of carbonyl (C=O) groups is 3. The highest BCUT2D eigenvalue weighted by Crippen LogP contribution is 2.08. The Labute approximate surface area is 127 Å². The highest BCUT2D eigenvalue weighted by atomic mass is 32.1. The molecule has 1 rings (SSSR count). The third-order valence-electron chi connectivity index (χ3n) is 2.55. The van der Waals surface area contributed by atoms with Crippen molar-refractivity contribution in [1.82, 2.24) is 10.6 Å². The van der Waals surface area contributed by atoms with Crippen LogP contribution >= 0.6 is 11.3 Å². The molecule has 0 radical (unpaired) electrons. The van der Waals surface area contributed by atoms with Gasteiger partial charge in [-0.2, -0.15) is 0 Å². The molecule has 0 spiro atoms. The lowest BCUT2D eigenvalue weighted by atomic mass is 10.3. The number of esters is 1. The lowest BCUT2D eigenvalue weighted by Gasteiger charge is -2.06. The van der Waals surface area contributed by atoms with Crippen molar-refractivity contribution in [2.45, 2.75) is 26.2 Å². The van der Waals surface area contributed by atoms with Crippen LogP contribution in [0, 0.1) is 0 Å². The van der Waals surface area contributed by atoms with Crippen LogP contribution in [-0.2, 0) is 25.5 Å². The van der Waals surface area contributed by atoms with Gasteiger partial charge in [-0.3, -0.25) is 14.4 Å². The molecule has 116 valence electrons. The highest BCUT2D eigenvalue weighted by Gasteiger charge is 2.07. The van der Waals surface area contributed by atoms with Crippen molar-refractivity contribution < 1.29 is 19.1 Å². The average molecular weight is 312 g/mol. The Morgan fingerprint density at radius 1 is 1.14 bits per heavy atom. The first-order valence-electron chi connectivity index (χ1n) is 6.83. The second-order valence-electron chi connectivity index (χ2n) is 4.26. The van der Waals surface area contributed by atoms with Gasteiger partial charge in [0.05, 0.1) is 19.4 Å². The van der Waals surface area contributed by atoms with Crippen LogP contribution in [0.3, 0.4) is 0 Å². The third kappa shape index (κ3) is 8.09. The van der Waals surface area contributed by atoms with Gasteiger partial charge < -0.3 is 15.4 Å². The van der Waals surface area contributed by atoms with E-state index >= 15 is 0 Å². The van der Waals surface area contributed by atoms with E-state index in [1.54, 1.807) is 6.92 Å². The van der Waals surface area contributed by atoms with Crippen LogP contribution < -0.4 is 10.6 Å². The summed E-state index contributed by atoms with van der Waals surface area (Å²) in [5.41, 5.74) is 0. The molecule has 6 nitrogen and oxygen atoms in total. The van der Waals surface area contributed by atoms with E-state index in [0.717, 1.165) is 4.88 Å². The number of carbonyl (C=O) groups excluding carboxylic acids is 3. The molecule has 1 aromatic heterocycles. The van der Waals surface area contributed by atoms with Gasteiger partial charge in [-0.25, -0.2) is 0 Å². The topological polar surface area (TPSA) is 84.5 Å². The van der Waals surface area contributed by atoms with Gasteiger partial charge in [-0.1, -0.05) is 6.07 Å². The zero-order chi connectivity index (χ0) is 15.5. The number of hydrogen-bond acceptors (Lipinski definition) is 5. The first-order valence-corrected chi connectivity index (χ1v) is 7.71. The van der Waals surface area contributed by atoms with Gasteiger partial charge in [0.1, 0.15) is 0 Å². The van der Waals surface area contributed by atoms with Gasteiger partial charge in [0.2, 0.25) is 11.8 Å². The Hall–Kier alpha value is -1.89. The summed E-state index contributed by atoms with van der Waals surface area (Å²) in [7, 11) is 0. The van der Waals surface area contributed by atoms with Crippen molar-refractivity contribution in [3.63, 3.8) is 0 Å². The molecular formula is C14H20N2O4S. The van der Waals surface area contributed by atoms with Crippen molar-refractivity contribution in [3.05, 3.63) is 22.4 Å². The summed E-state index contributed by atoms with van der Waals surface area (Å²) < 4.78 is 4.72. The molecule has 0 fully saturated rings. The first-order chi connectivity index (χ1) is 10.1. The van der Waals surface area contributed by atoms with E-state index in [0.29, 0.717) is 26.1 Å². The van der Waals surface area contributed by atoms with E-state index in [4.69, 9.17) is 4.74 Å². The van der Waals surface area contributed by atoms with Crippen LogP contribution in [0.5, 0.6) is 0 Å². The maximum atomic E-state index is 11.6. The first kappa shape index (κ1) is 17.2. The molecular weight excluding hydrogens is 292 g/mol. The zero-order valence-corrected chi connectivity index (χ0v) is 12.8. The summed E-state index contributed by atoms with van der Waals surface area (Å²) in [6.07, 6.45) is 0.529. The van der Waals surface area contributed by atoms with E-state index in [1.807, 2.05) is 17.5 Å². The van der Waals surface area contributed by atoms with Gasteiger partial charge in [-0.05, 0) is 18.4 Å². The highest BCUT2D eigenvalue weighted by molar-refractivity contribution is 7.10. The average Bonchev–Trinajstić information content (AvgIpc) is 2.94. The van der Waals surface area contributed by atoms with E-state index in [1.165, 1.54) is 11.3 Å². The van der Waals surface area contributed by atoms with E-state index in [-0.39, 0.29) is 30.6 Å². The van der Waals surface area contributed by atoms with Gasteiger partial charge >= 0.3 is 5.97 Å². The Morgan fingerprint density at radius 3 is 2.48 bits per heavy atom. The second-order valence-corrected chi connectivity index (χ2v) is 5.29. The fourth-order valence-corrected chi connectivity index (χ4v) is 2.28. The predicted octanol–water partition coefficient (Wildman–Crippen LogP) is 0.866. The minimum Gasteiger partial charge on any atom is -0.466 e. The maximum absolute atomic E-state index is 11.6. The van der Waals surface area contributed by atoms with Crippen molar-refractivity contribution in [2.24, 2.45) is 0 Å². The Balaban J connectivity index is 2.04. The number of amides is 2. The second kappa shape index (κ2) is 9.93. The monoisotopic (exact) mass is 312 g/mol. The number of rotatable bonds is 9. The predicted molar refractivity (Wildman–Crippen MR) is 79.9 cm³/mol. The molecule has 1 aromatic rings. The summed E-state index contributed by atoms with van der Waals surface area (Å²) in [6, 6.07) is 3.80. The normalized spacial score (nSPS) is 9.95. The lowest BCUT2D eigenvalue weighted by Crippen LogP contribution is -2.35. The molecule has 0 aliphatic heterocycles. The molecule has 21 heavy (non-hydrogen) atoms. The summed E-state index contributed by atoms with van der Waals surface area (Å²) in [6.45, 7) is 2.75. The largest absolute Gasteiger partial charge is 0.466 e. The fourth-order valence-electron chi connectivity index (χ4n) is 1.57. The van der Waals surface area contributed by atoms with E-state index in [9.17, 15) is 14.4 Å². The van der Waals surface area contributed by atoms with Gasteiger partial charge in [0, 0.05) is 24.4 Å². The molecule has 0 saturated carbocycles.